The Morgan fingerprint density at radius 3 is 2.56 bits per heavy atom. The predicted molar refractivity (Wildman–Crippen MR) is 94.8 cm³/mol. The number of fused-ring (bicyclic) bond motifs is 1. The van der Waals surface area contributed by atoms with Crippen LogP contribution in [0.1, 0.15) is 28.2 Å². The second-order valence-corrected chi connectivity index (χ2v) is 5.64. The molecule has 0 aliphatic heterocycles. The molecule has 126 valence electrons. The summed E-state index contributed by atoms with van der Waals surface area (Å²) in [7, 11) is 0. The maximum Gasteiger partial charge on any atom is 0.325 e. The molecule has 1 aromatic heterocycles. The number of nitrogens with two attached hydrogens (primary N) is 2. The summed E-state index contributed by atoms with van der Waals surface area (Å²) in [4.78, 5) is 28.6. The number of nitrogens with zero attached hydrogens (tertiary/aromatic N) is 2. The summed E-state index contributed by atoms with van der Waals surface area (Å²) in [6, 6.07) is 13.4. The number of amidine groups is 1. The van der Waals surface area contributed by atoms with E-state index in [4.69, 9.17) is 16.9 Å². The number of imidazole rings is 1. The van der Waals surface area contributed by atoms with Gasteiger partial charge in [-0.1, -0.05) is 30.3 Å². The van der Waals surface area contributed by atoms with Gasteiger partial charge in [0.1, 0.15) is 5.84 Å². The molecule has 0 spiro atoms. The Labute approximate surface area is 143 Å². The summed E-state index contributed by atoms with van der Waals surface area (Å²) in [5, 5.41) is 7.47. The van der Waals surface area contributed by atoms with E-state index in [1.807, 2.05) is 6.07 Å². The highest BCUT2D eigenvalue weighted by atomic mass is 16.2. The Kier molecular flexibility index (Phi) is 4.30. The molecule has 0 atom stereocenters. The van der Waals surface area contributed by atoms with E-state index in [0.29, 0.717) is 23.0 Å². The number of Topliss-reactive ketones (excluding diaryl/α,β-unsaturated/α-hetero) is 1. The molecule has 1 amide bonds. The number of para-hydroxylation sites is 2. The zero-order chi connectivity index (χ0) is 18.0. The standard InChI is InChI=1S/C18H17N5O2/c19-16(20)12-5-3-4-11(10-12)8-9-15(24)17-22-13-6-1-2-7-14(13)23(17)18(21)25/h1-7,10H,8-9H2,(H3,19,20)(H2,21,25). The first-order chi connectivity index (χ1) is 12.0. The Morgan fingerprint density at radius 2 is 1.84 bits per heavy atom. The Hall–Kier alpha value is -3.48. The molecule has 2 aromatic carbocycles. The number of nitrogen functional groups attached to an aromatic ring is 1. The molecule has 25 heavy (non-hydrogen) atoms. The minimum atomic E-state index is -0.740. The monoisotopic (exact) mass is 335 g/mol. The van der Waals surface area contributed by atoms with Crippen LogP contribution in [-0.2, 0) is 6.42 Å². The lowest BCUT2D eigenvalue weighted by Crippen LogP contribution is -2.24. The van der Waals surface area contributed by atoms with E-state index < -0.39 is 6.03 Å². The minimum Gasteiger partial charge on any atom is -0.384 e. The first kappa shape index (κ1) is 16.4. The zero-order valence-electron chi connectivity index (χ0n) is 13.4. The lowest BCUT2D eigenvalue weighted by molar-refractivity contribution is 0.0970. The Balaban J connectivity index is 1.86. The molecule has 0 bridgehead atoms. The third-order valence-electron chi connectivity index (χ3n) is 3.91. The number of carbonyl (C=O) groups is 2. The van der Waals surface area contributed by atoms with Crippen molar-refractivity contribution >= 4 is 28.7 Å². The summed E-state index contributed by atoms with van der Waals surface area (Å²) in [5.41, 5.74) is 13.4. The summed E-state index contributed by atoms with van der Waals surface area (Å²) < 4.78 is 1.14. The summed E-state index contributed by atoms with van der Waals surface area (Å²) in [6.45, 7) is 0. The zero-order valence-corrected chi connectivity index (χ0v) is 13.4. The molecule has 3 aromatic rings. The lowest BCUT2D eigenvalue weighted by atomic mass is 10.0. The van der Waals surface area contributed by atoms with Crippen LogP contribution in [0.2, 0.25) is 0 Å². The number of primary amides is 1. The van der Waals surface area contributed by atoms with Crippen LogP contribution in [0.3, 0.4) is 0 Å². The van der Waals surface area contributed by atoms with Crippen LogP contribution in [0.25, 0.3) is 11.0 Å². The fraction of sp³-hybridized carbons (Fsp3) is 0.111. The van der Waals surface area contributed by atoms with Crippen LogP contribution in [0.5, 0.6) is 0 Å². The van der Waals surface area contributed by atoms with Gasteiger partial charge in [-0.2, -0.15) is 0 Å². The van der Waals surface area contributed by atoms with Gasteiger partial charge in [-0.25, -0.2) is 14.3 Å². The molecule has 0 aliphatic carbocycles. The number of benzene rings is 2. The van der Waals surface area contributed by atoms with Crippen molar-refractivity contribution in [3.05, 3.63) is 65.5 Å². The third-order valence-corrected chi connectivity index (χ3v) is 3.91. The highest BCUT2D eigenvalue weighted by molar-refractivity contribution is 6.02. The van der Waals surface area contributed by atoms with Crippen molar-refractivity contribution in [3.8, 4) is 0 Å². The van der Waals surface area contributed by atoms with Crippen LogP contribution >= 0.6 is 0 Å². The van der Waals surface area contributed by atoms with Gasteiger partial charge in [-0.15, -0.1) is 0 Å². The van der Waals surface area contributed by atoms with Crippen molar-refractivity contribution in [2.24, 2.45) is 11.5 Å². The number of aromatic nitrogens is 2. The predicted octanol–water partition coefficient (Wildman–Crippen LogP) is 2.06. The highest BCUT2D eigenvalue weighted by Gasteiger charge is 2.20. The van der Waals surface area contributed by atoms with Crippen LogP contribution < -0.4 is 11.5 Å². The van der Waals surface area contributed by atoms with Gasteiger partial charge in [-0.05, 0) is 30.2 Å². The fourth-order valence-electron chi connectivity index (χ4n) is 2.70. The van der Waals surface area contributed by atoms with Crippen LogP contribution in [-0.4, -0.2) is 27.2 Å². The number of hydrogen-bond donors (Lipinski definition) is 3. The molecule has 0 fully saturated rings. The number of hydrogen-bond acceptors (Lipinski definition) is 4. The minimum absolute atomic E-state index is 0.0244. The van der Waals surface area contributed by atoms with Gasteiger partial charge < -0.3 is 11.5 Å². The quantitative estimate of drug-likeness (QED) is 0.374. The molecule has 7 heteroatoms. The summed E-state index contributed by atoms with van der Waals surface area (Å²) >= 11 is 0. The topological polar surface area (TPSA) is 128 Å². The SMILES string of the molecule is N=C(N)c1cccc(CCC(=O)c2nc3ccccc3n2C(N)=O)c1. The van der Waals surface area contributed by atoms with Gasteiger partial charge in [0.05, 0.1) is 11.0 Å². The average molecular weight is 335 g/mol. The van der Waals surface area contributed by atoms with Crippen molar-refractivity contribution in [1.29, 1.82) is 5.41 Å². The van der Waals surface area contributed by atoms with E-state index in [9.17, 15) is 9.59 Å². The van der Waals surface area contributed by atoms with Gasteiger partial charge in [0.2, 0.25) is 0 Å². The Bertz CT molecular complexity index is 990. The molecule has 5 N–H and O–H groups in total. The smallest absolute Gasteiger partial charge is 0.325 e. The van der Waals surface area contributed by atoms with Crippen LogP contribution in [0.4, 0.5) is 4.79 Å². The number of ketones is 1. The third kappa shape index (κ3) is 3.25. The molecule has 0 radical (unpaired) electrons. The van der Waals surface area contributed by atoms with Crippen molar-refractivity contribution < 1.29 is 9.59 Å². The maximum atomic E-state index is 12.6. The number of aryl methyl sites for hydroxylation is 1. The molecular weight excluding hydrogens is 318 g/mol. The van der Waals surface area contributed by atoms with Crippen molar-refractivity contribution in [2.75, 3.05) is 0 Å². The van der Waals surface area contributed by atoms with Crippen LogP contribution in [0, 0.1) is 5.41 Å². The molecule has 0 saturated carbocycles. The normalized spacial score (nSPS) is 10.7. The molecule has 3 rings (SSSR count). The van der Waals surface area contributed by atoms with Gasteiger partial charge in [-0.3, -0.25) is 10.2 Å². The summed E-state index contributed by atoms with van der Waals surface area (Å²) in [5.74, 6) is -0.261. The first-order valence-corrected chi connectivity index (χ1v) is 7.71. The van der Waals surface area contributed by atoms with E-state index in [-0.39, 0.29) is 23.9 Å². The van der Waals surface area contributed by atoms with E-state index in [2.05, 4.69) is 4.98 Å². The number of rotatable bonds is 5. The van der Waals surface area contributed by atoms with Gasteiger partial charge in [0, 0.05) is 12.0 Å². The molecule has 0 aliphatic rings. The maximum absolute atomic E-state index is 12.6. The average Bonchev–Trinajstić information content (AvgIpc) is 2.99. The lowest BCUT2D eigenvalue weighted by Gasteiger charge is -2.05. The van der Waals surface area contributed by atoms with Gasteiger partial charge >= 0.3 is 6.03 Å². The molecular formula is C18H17N5O2. The molecule has 1 heterocycles. The Morgan fingerprint density at radius 1 is 1.08 bits per heavy atom. The number of nitrogens with one attached hydrogen (secondary N) is 1. The van der Waals surface area contributed by atoms with Crippen molar-refractivity contribution in [2.45, 2.75) is 12.8 Å². The molecule has 0 unspecified atom stereocenters. The van der Waals surface area contributed by atoms with Crippen molar-refractivity contribution in [1.82, 2.24) is 9.55 Å². The number of carbonyl (C=O) groups excluding carboxylic acids is 2. The largest absolute Gasteiger partial charge is 0.384 e. The van der Waals surface area contributed by atoms with E-state index in [1.165, 1.54) is 0 Å². The molecule has 0 saturated heterocycles. The van der Waals surface area contributed by atoms with Gasteiger partial charge in [0.15, 0.2) is 11.6 Å². The second kappa shape index (κ2) is 6.56. The highest BCUT2D eigenvalue weighted by Crippen LogP contribution is 2.17. The van der Waals surface area contributed by atoms with Crippen LogP contribution in [0.15, 0.2) is 48.5 Å². The van der Waals surface area contributed by atoms with Gasteiger partial charge in [0.25, 0.3) is 0 Å². The summed E-state index contributed by atoms with van der Waals surface area (Å²) in [6.07, 6.45) is 0.611. The van der Waals surface area contributed by atoms with E-state index >= 15 is 0 Å². The van der Waals surface area contributed by atoms with Crippen molar-refractivity contribution in [3.63, 3.8) is 0 Å². The molecule has 7 nitrogen and oxygen atoms in total. The van der Waals surface area contributed by atoms with E-state index in [0.717, 1.165) is 10.1 Å². The first-order valence-electron chi connectivity index (χ1n) is 7.71. The fourth-order valence-corrected chi connectivity index (χ4v) is 2.70. The second-order valence-electron chi connectivity index (χ2n) is 5.64. The van der Waals surface area contributed by atoms with E-state index in [1.54, 1.807) is 42.5 Å². The number of amides is 1.